The van der Waals surface area contributed by atoms with Crippen LogP contribution in [0.5, 0.6) is 0 Å². The molecule has 60 valence electrons. The highest BCUT2D eigenvalue weighted by Gasteiger charge is 2.32. The zero-order chi connectivity index (χ0) is 8.55. The molecular formula is C9H6O3. The molecule has 3 heteroatoms. The van der Waals surface area contributed by atoms with Gasteiger partial charge in [-0.1, -0.05) is 18.2 Å². The predicted molar refractivity (Wildman–Crippen MR) is 41.0 cm³/mol. The van der Waals surface area contributed by atoms with E-state index in [-0.39, 0.29) is 0 Å². The maximum absolute atomic E-state index is 11.0. The molecule has 0 radical (unpaired) electrons. The maximum Gasteiger partial charge on any atom is 0.346 e. The van der Waals surface area contributed by atoms with Crippen molar-refractivity contribution in [1.82, 2.24) is 0 Å². The van der Waals surface area contributed by atoms with Crippen LogP contribution in [0.15, 0.2) is 35.5 Å². The molecule has 3 nitrogen and oxygen atoms in total. The van der Waals surface area contributed by atoms with Crippen molar-refractivity contribution >= 4 is 11.9 Å². The number of hydrogen-bond donors (Lipinski definition) is 0. The van der Waals surface area contributed by atoms with Crippen LogP contribution in [0.25, 0.3) is 0 Å². The highest BCUT2D eigenvalue weighted by Crippen LogP contribution is 2.24. The van der Waals surface area contributed by atoms with E-state index in [1.807, 2.05) is 6.08 Å². The van der Waals surface area contributed by atoms with Gasteiger partial charge in [-0.05, 0) is 12.5 Å². The predicted octanol–water partition coefficient (Wildman–Crippen LogP) is 0.882. The minimum atomic E-state index is -0.544. The second kappa shape index (κ2) is 2.44. The van der Waals surface area contributed by atoms with Gasteiger partial charge in [0.15, 0.2) is 0 Å². The Balaban J connectivity index is 2.53. The standard InChI is InChI=1S/C9H6O3/c10-8-6-4-2-1-3-5-7(6)9(11)12-8/h1-2,4-5H,3H2. The fourth-order valence-corrected chi connectivity index (χ4v) is 1.19. The molecule has 0 bridgehead atoms. The molecule has 1 aliphatic heterocycles. The van der Waals surface area contributed by atoms with Gasteiger partial charge in [0.25, 0.3) is 0 Å². The fraction of sp³-hybridized carbons (Fsp3) is 0.111. The van der Waals surface area contributed by atoms with Crippen LogP contribution in [0.1, 0.15) is 6.42 Å². The monoisotopic (exact) mass is 162 g/mol. The lowest BCUT2D eigenvalue weighted by Crippen LogP contribution is -1.97. The van der Waals surface area contributed by atoms with Crippen molar-refractivity contribution in [2.24, 2.45) is 0 Å². The molecule has 12 heavy (non-hydrogen) atoms. The number of esters is 2. The number of cyclic esters (lactones) is 2. The molecular weight excluding hydrogens is 156 g/mol. The van der Waals surface area contributed by atoms with Crippen LogP contribution < -0.4 is 0 Å². The Hall–Kier alpha value is -1.64. The van der Waals surface area contributed by atoms with E-state index in [2.05, 4.69) is 4.74 Å². The Morgan fingerprint density at radius 2 is 1.92 bits per heavy atom. The van der Waals surface area contributed by atoms with E-state index in [0.29, 0.717) is 17.6 Å². The van der Waals surface area contributed by atoms with Gasteiger partial charge in [-0.3, -0.25) is 0 Å². The Bertz CT molecular complexity index is 345. The summed E-state index contributed by atoms with van der Waals surface area (Å²) in [6, 6.07) is 0. The average Bonchev–Trinajstić information content (AvgIpc) is 2.29. The van der Waals surface area contributed by atoms with Crippen LogP contribution in [-0.2, 0) is 14.3 Å². The third-order valence-corrected chi connectivity index (χ3v) is 1.77. The second-order valence-corrected chi connectivity index (χ2v) is 2.54. The van der Waals surface area contributed by atoms with Crippen molar-refractivity contribution in [1.29, 1.82) is 0 Å². The van der Waals surface area contributed by atoms with Gasteiger partial charge in [0.05, 0.1) is 11.1 Å². The lowest BCUT2D eigenvalue weighted by molar-refractivity contribution is -0.149. The fourth-order valence-electron chi connectivity index (χ4n) is 1.19. The smallest absolute Gasteiger partial charge is 0.346 e. The van der Waals surface area contributed by atoms with Crippen LogP contribution >= 0.6 is 0 Å². The molecule has 1 saturated heterocycles. The minimum absolute atomic E-state index is 0.369. The Labute approximate surface area is 69.0 Å². The summed E-state index contributed by atoms with van der Waals surface area (Å²) in [5.41, 5.74) is 0.763. The zero-order valence-corrected chi connectivity index (χ0v) is 6.24. The first-order valence-corrected chi connectivity index (χ1v) is 3.63. The summed E-state index contributed by atoms with van der Waals surface area (Å²) in [7, 11) is 0. The molecule has 0 aromatic heterocycles. The van der Waals surface area contributed by atoms with Crippen LogP contribution in [0.3, 0.4) is 0 Å². The number of allylic oxidation sites excluding steroid dienone is 4. The first-order chi connectivity index (χ1) is 5.79. The van der Waals surface area contributed by atoms with Crippen LogP contribution in [0.4, 0.5) is 0 Å². The largest absolute Gasteiger partial charge is 0.386 e. The van der Waals surface area contributed by atoms with E-state index < -0.39 is 11.9 Å². The van der Waals surface area contributed by atoms with Gasteiger partial charge in [-0.25, -0.2) is 9.59 Å². The first-order valence-electron chi connectivity index (χ1n) is 3.63. The molecule has 0 atom stereocenters. The number of hydrogen-bond acceptors (Lipinski definition) is 3. The lowest BCUT2D eigenvalue weighted by atomic mass is 10.1. The second-order valence-electron chi connectivity index (χ2n) is 2.54. The molecule has 1 aliphatic carbocycles. The maximum atomic E-state index is 11.0. The summed E-state index contributed by atoms with van der Waals surface area (Å²) < 4.78 is 4.42. The lowest BCUT2D eigenvalue weighted by Gasteiger charge is -1.86. The van der Waals surface area contributed by atoms with E-state index >= 15 is 0 Å². The number of carbonyl (C=O) groups excluding carboxylic acids is 2. The van der Waals surface area contributed by atoms with Crippen LogP contribution in [-0.4, -0.2) is 11.9 Å². The van der Waals surface area contributed by atoms with E-state index in [9.17, 15) is 9.59 Å². The summed E-state index contributed by atoms with van der Waals surface area (Å²) in [5, 5.41) is 0. The molecule has 0 aromatic carbocycles. The van der Waals surface area contributed by atoms with Crippen molar-refractivity contribution in [2.75, 3.05) is 0 Å². The molecule has 2 aliphatic rings. The van der Waals surface area contributed by atoms with Gasteiger partial charge in [0.1, 0.15) is 0 Å². The third kappa shape index (κ3) is 0.906. The summed E-state index contributed by atoms with van der Waals surface area (Å²) in [5.74, 6) is -1.08. The van der Waals surface area contributed by atoms with Gasteiger partial charge in [-0.2, -0.15) is 0 Å². The van der Waals surface area contributed by atoms with Gasteiger partial charge < -0.3 is 4.74 Å². The quantitative estimate of drug-likeness (QED) is 0.392. The minimum Gasteiger partial charge on any atom is -0.386 e. The van der Waals surface area contributed by atoms with Crippen LogP contribution in [0.2, 0.25) is 0 Å². The van der Waals surface area contributed by atoms with Crippen molar-refractivity contribution < 1.29 is 14.3 Å². The van der Waals surface area contributed by atoms with E-state index in [0.717, 1.165) is 0 Å². The summed E-state index contributed by atoms with van der Waals surface area (Å²) in [4.78, 5) is 22.0. The molecule has 0 saturated carbocycles. The molecule has 1 fully saturated rings. The topological polar surface area (TPSA) is 43.4 Å². The van der Waals surface area contributed by atoms with Crippen molar-refractivity contribution in [3.63, 3.8) is 0 Å². The Morgan fingerprint density at radius 3 is 2.75 bits per heavy atom. The Morgan fingerprint density at radius 1 is 1.17 bits per heavy atom. The number of ether oxygens (including phenoxy) is 1. The number of carbonyl (C=O) groups is 2. The SMILES string of the molecule is O=C1OC(=O)C2=CCC=CC=C12. The van der Waals surface area contributed by atoms with Gasteiger partial charge >= 0.3 is 11.9 Å². The van der Waals surface area contributed by atoms with E-state index in [4.69, 9.17) is 0 Å². The molecule has 0 N–H and O–H groups in total. The van der Waals surface area contributed by atoms with Gasteiger partial charge in [-0.15, -0.1) is 0 Å². The number of fused-ring (bicyclic) bond motifs is 1. The van der Waals surface area contributed by atoms with Gasteiger partial charge in [0.2, 0.25) is 0 Å². The number of rotatable bonds is 0. The molecule has 1 heterocycles. The van der Waals surface area contributed by atoms with E-state index in [1.54, 1.807) is 18.2 Å². The average molecular weight is 162 g/mol. The zero-order valence-electron chi connectivity index (χ0n) is 6.24. The van der Waals surface area contributed by atoms with E-state index in [1.165, 1.54) is 0 Å². The van der Waals surface area contributed by atoms with Crippen LogP contribution in [0, 0.1) is 0 Å². The van der Waals surface area contributed by atoms with Crippen molar-refractivity contribution in [3.8, 4) is 0 Å². The molecule has 0 spiro atoms. The van der Waals surface area contributed by atoms with Crippen molar-refractivity contribution in [2.45, 2.75) is 6.42 Å². The van der Waals surface area contributed by atoms with Gasteiger partial charge in [0, 0.05) is 0 Å². The Kier molecular flexibility index (Phi) is 1.43. The summed E-state index contributed by atoms with van der Waals surface area (Å²) in [6.07, 6.45) is 7.59. The normalized spacial score (nSPS) is 21.0. The molecule has 0 unspecified atom stereocenters. The molecule has 2 rings (SSSR count). The molecule has 0 amide bonds. The summed E-state index contributed by atoms with van der Waals surface area (Å²) in [6.45, 7) is 0. The third-order valence-electron chi connectivity index (χ3n) is 1.77. The summed E-state index contributed by atoms with van der Waals surface area (Å²) >= 11 is 0. The molecule has 0 aromatic rings. The first kappa shape index (κ1) is 7.03. The van der Waals surface area contributed by atoms with Crippen molar-refractivity contribution in [3.05, 3.63) is 35.5 Å². The highest BCUT2D eigenvalue weighted by atomic mass is 16.6. The highest BCUT2D eigenvalue weighted by molar-refractivity contribution is 6.18.